The molecule has 0 aliphatic carbocycles. The van der Waals surface area contributed by atoms with Crippen LogP contribution in [0.2, 0.25) is 0 Å². The van der Waals surface area contributed by atoms with Crippen LogP contribution in [0.15, 0.2) is 6.20 Å². The first-order valence-electron chi connectivity index (χ1n) is 6.94. The number of aromatic nitrogens is 3. The molecule has 1 unspecified atom stereocenters. The smallest absolute Gasteiger partial charge is 0.0756 e. The molecule has 0 amide bonds. The fourth-order valence-corrected chi connectivity index (χ4v) is 2.03. The van der Waals surface area contributed by atoms with Crippen molar-refractivity contribution in [3.8, 4) is 0 Å². The maximum absolute atomic E-state index is 5.13. The molecule has 0 fully saturated rings. The molecule has 0 aliphatic heterocycles. The SMILES string of the molecule is CCCNC(CCCOC)c1cnnn1CCC. The van der Waals surface area contributed by atoms with Gasteiger partial charge in [0.05, 0.1) is 17.9 Å². The Morgan fingerprint density at radius 1 is 1.39 bits per heavy atom. The molecule has 0 saturated carbocycles. The van der Waals surface area contributed by atoms with Gasteiger partial charge in [0, 0.05) is 20.3 Å². The molecule has 1 N–H and O–H groups in total. The summed E-state index contributed by atoms with van der Waals surface area (Å²) in [5.74, 6) is 0. The molecule has 5 nitrogen and oxygen atoms in total. The molecule has 0 radical (unpaired) electrons. The Balaban J connectivity index is 2.63. The minimum Gasteiger partial charge on any atom is -0.385 e. The van der Waals surface area contributed by atoms with Crippen LogP contribution in [0.1, 0.15) is 51.3 Å². The summed E-state index contributed by atoms with van der Waals surface area (Å²) in [6.45, 7) is 7.10. The van der Waals surface area contributed by atoms with E-state index in [-0.39, 0.29) is 0 Å². The van der Waals surface area contributed by atoms with Gasteiger partial charge in [-0.1, -0.05) is 19.1 Å². The van der Waals surface area contributed by atoms with E-state index in [1.165, 1.54) is 5.69 Å². The first-order valence-corrected chi connectivity index (χ1v) is 6.94. The number of methoxy groups -OCH3 is 1. The minimum absolute atomic E-state index is 0.335. The molecular weight excluding hydrogens is 228 g/mol. The summed E-state index contributed by atoms with van der Waals surface area (Å²) in [5, 5.41) is 11.8. The van der Waals surface area contributed by atoms with Crippen molar-refractivity contribution in [3.63, 3.8) is 0 Å². The zero-order valence-corrected chi connectivity index (χ0v) is 11.9. The number of nitrogens with one attached hydrogen (secondary N) is 1. The van der Waals surface area contributed by atoms with Crippen LogP contribution in [0, 0.1) is 0 Å². The van der Waals surface area contributed by atoms with Crippen molar-refractivity contribution in [2.45, 2.75) is 52.1 Å². The largest absolute Gasteiger partial charge is 0.385 e. The standard InChI is InChI=1S/C13H26N4O/c1-4-8-14-12(7-6-10-18-3)13-11-15-16-17(13)9-5-2/h11-12,14H,4-10H2,1-3H3. The van der Waals surface area contributed by atoms with Crippen LogP contribution >= 0.6 is 0 Å². The topological polar surface area (TPSA) is 52.0 Å². The van der Waals surface area contributed by atoms with E-state index in [1.54, 1.807) is 7.11 Å². The molecule has 1 atom stereocenters. The van der Waals surface area contributed by atoms with Gasteiger partial charge >= 0.3 is 0 Å². The first kappa shape index (κ1) is 15.1. The lowest BCUT2D eigenvalue weighted by atomic mass is 10.1. The van der Waals surface area contributed by atoms with Gasteiger partial charge in [-0.15, -0.1) is 5.10 Å². The first-order chi connectivity index (χ1) is 8.83. The van der Waals surface area contributed by atoms with E-state index >= 15 is 0 Å². The third kappa shape index (κ3) is 4.74. The van der Waals surface area contributed by atoms with Gasteiger partial charge in [-0.25, -0.2) is 4.68 Å². The molecule has 1 rings (SSSR count). The van der Waals surface area contributed by atoms with Gasteiger partial charge in [0.15, 0.2) is 0 Å². The van der Waals surface area contributed by atoms with Crippen LogP contribution in [0.3, 0.4) is 0 Å². The quantitative estimate of drug-likeness (QED) is 0.650. The van der Waals surface area contributed by atoms with Crippen molar-refractivity contribution in [2.24, 2.45) is 0 Å². The second kappa shape index (κ2) is 9.05. The fourth-order valence-electron chi connectivity index (χ4n) is 2.03. The fraction of sp³-hybridized carbons (Fsp3) is 0.846. The van der Waals surface area contributed by atoms with Crippen molar-refractivity contribution >= 4 is 0 Å². The van der Waals surface area contributed by atoms with Crippen LogP contribution in [-0.2, 0) is 11.3 Å². The number of aryl methyl sites for hydroxylation is 1. The van der Waals surface area contributed by atoms with E-state index in [0.29, 0.717) is 6.04 Å². The monoisotopic (exact) mass is 254 g/mol. The Hall–Kier alpha value is -0.940. The maximum Gasteiger partial charge on any atom is 0.0756 e. The molecule has 0 bridgehead atoms. The lowest BCUT2D eigenvalue weighted by Gasteiger charge is -2.19. The average Bonchev–Trinajstić information content (AvgIpc) is 2.82. The summed E-state index contributed by atoms with van der Waals surface area (Å²) in [6, 6.07) is 0.335. The average molecular weight is 254 g/mol. The van der Waals surface area contributed by atoms with Crippen molar-refractivity contribution < 1.29 is 4.74 Å². The van der Waals surface area contributed by atoms with Crippen LogP contribution in [-0.4, -0.2) is 35.3 Å². The molecule has 5 heteroatoms. The highest BCUT2D eigenvalue weighted by Gasteiger charge is 2.15. The van der Waals surface area contributed by atoms with Gasteiger partial charge in [-0.2, -0.15) is 0 Å². The van der Waals surface area contributed by atoms with Crippen LogP contribution in [0.4, 0.5) is 0 Å². The van der Waals surface area contributed by atoms with Crippen molar-refractivity contribution in [1.82, 2.24) is 20.3 Å². The van der Waals surface area contributed by atoms with E-state index in [1.807, 2.05) is 10.9 Å². The number of rotatable bonds is 10. The minimum atomic E-state index is 0.335. The molecule has 0 spiro atoms. The second-order valence-electron chi connectivity index (χ2n) is 4.52. The third-order valence-corrected chi connectivity index (χ3v) is 2.92. The molecule has 1 heterocycles. The van der Waals surface area contributed by atoms with E-state index in [4.69, 9.17) is 4.74 Å². The number of hydrogen-bond acceptors (Lipinski definition) is 4. The Morgan fingerprint density at radius 3 is 2.89 bits per heavy atom. The summed E-state index contributed by atoms with van der Waals surface area (Å²) < 4.78 is 7.14. The Labute approximate surface area is 110 Å². The highest BCUT2D eigenvalue weighted by atomic mass is 16.5. The molecule has 1 aromatic rings. The zero-order valence-electron chi connectivity index (χ0n) is 11.9. The highest BCUT2D eigenvalue weighted by Crippen LogP contribution is 2.17. The highest BCUT2D eigenvalue weighted by molar-refractivity contribution is 5.02. The number of hydrogen-bond donors (Lipinski definition) is 1. The molecular formula is C13H26N4O. The normalized spacial score (nSPS) is 12.8. The van der Waals surface area contributed by atoms with E-state index in [9.17, 15) is 0 Å². The molecule has 104 valence electrons. The van der Waals surface area contributed by atoms with E-state index in [0.717, 1.165) is 45.4 Å². The van der Waals surface area contributed by atoms with Gasteiger partial charge in [0.25, 0.3) is 0 Å². The second-order valence-corrected chi connectivity index (χ2v) is 4.52. The molecule has 18 heavy (non-hydrogen) atoms. The zero-order chi connectivity index (χ0) is 13.2. The summed E-state index contributed by atoms with van der Waals surface area (Å²) in [5.41, 5.74) is 1.20. The molecule has 0 aliphatic rings. The summed E-state index contributed by atoms with van der Waals surface area (Å²) >= 11 is 0. The Bertz CT molecular complexity index is 314. The van der Waals surface area contributed by atoms with E-state index < -0.39 is 0 Å². The molecule has 1 aromatic heterocycles. The van der Waals surface area contributed by atoms with Crippen molar-refractivity contribution in [3.05, 3.63) is 11.9 Å². The van der Waals surface area contributed by atoms with Crippen molar-refractivity contribution in [1.29, 1.82) is 0 Å². The predicted molar refractivity (Wildman–Crippen MR) is 72.5 cm³/mol. The van der Waals surface area contributed by atoms with Gasteiger partial charge in [-0.05, 0) is 32.2 Å². The summed E-state index contributed by atoms with van der Waals surface area (Å²) in [6.07, 6.45) is 6.21. The number of nitrogens with zero attached hydrogens (tertiary/aromatic N) is 3. The molecule has 0 saturated heterocycles. The Morgan fingerprint density at radius 2 is 2.22 bits per heavy atom. The van der Waals surface area contributed by atoms with Gasteiger partial charge in [-0.3, -0.25) is 0 Å². The lowest BCUT2D eigenvalue weighted by Crippen LogP contribution is -2.25. The van der Waals surface area contributed by atoms with Gasteiger partial charge < -0.3 is 10.1 Å². The summed E-state index contributed by atoms with van der Waals surface area (Å²) in [7, 11) is 1.75. The summed E-state index contributed by atoms with van der Waals surface area (Å²) in [4.78, 5) is 0. The van der Waals surface area contributed by atoms with Crippen molar-refractivity contribution in [2.75, 3.05) is 20.3 Å². The maximum atomic E-state index is 5.13. The van der Waals surface area contributed by atoms with Crippen LogP contribution in [0.25, 0.3) is 0 Å². The van der Waals surface area contributed by atoms with Gasteiger partial charge in [0.1, 0.15) is 0 Å². The molecule has 0 aromatic carbocycles. The Kier molecular flexibility index (Phi) is 7.60. The van der Waals surface area contributed by atoms with Gasteiger partial charge in [0.2, 0.25) is 0 Å². The lowest BCUT2D eigenvalue weighted by molar-refractivity contribution is 0.188. The van der Waals surface area contributed by atoms with E-state index in [2.05, 4.69) is 29.5 Å². The van der Waals surface area contributed by atoms with Crippen LogP contribution < -0.4 is 5.32 Å². The van der Waals surface area contributed by atoms with Crippen LogP contribution in [0.5, 0.6) is 0 Å². The number of ether oxygens (including phenoxy) is 1. The third-order valence-electron chi connectivity index (χ3n) is 2.92. The predicted octanol–water partition coefficient (Wildman–Crippen LogP) is 2.16.